The van der Waals surface area contributed by atoms with Crippen LogP contribution in [0.4, 0.5) is 4.39 Å². The minimum absolute atomic E-state index is 0.0881. The van der Waals surface area contributed by atoms with Crippen molar-refractivity contribution in [3.63, 3.8) is 0 Å². The van der Waals surface area contributed by atoms with E-state index in [4.69, 9.17) is 4.98 Å². The third-order valence-corrected chi connectivity index (χ3v) is 3.71. The largest absolute Gasteiger partial charge is 0.252 e. The number of aromatic nitrogens is 6. The van der Waals surface area contributed by atoms with Gasteiger partial charge in [0.25, 0.3) is 0 Å². The quantitative estimate of drug-likeness (QED) is 0.698. The predicted octanol–water partition coefficient (Wildman–Crippen LogP) is 3.00. The van der Waals surface area contributed by atoms with Gasteiger partial charge in [0.1, 0.15) is 24.3 Å². The molecule has 0 saturated carbocycles. The molecule has 0 aliphatic heterocycles. The molecule has 0 aliphatic carbocycles. The van der Waals surface area contributed by atoms with E-state index in [0.717, 1.165) is 23.8 Å². The molecule has 126 valence electrons. The van der Waals surface area contributed by atoms with Gasteiger partial charge in [0.15, 0.2) is 5.82 Å². The summed E-state index contributed by atoms with van der Waals surface area (Å²) in [6.07, 6.45) is 4.00. The maximum absolute atomic E-state index is 13.2. The highest BCUT2D eigenvalue weighted by atomic mass is 19.1. The van der Waals surface area contributed by atoms with E-state index in [-0.39, 0.29) is 11.7 Å². The first-order chi connectivity index (χ1) is 11.5. The van der Waals surface area contributed by atoms with E-state index in [2.05, 4.69) is 36.0 Å². The van der Waals surface area contributed by atoms with Crippen LogP contribution < -0.4 is 0 Å². The zero-order valence-electron chi connectivity index (χ0n) is 14.1. The van der Waals surface area contributed by atoms with Crippen molar-refractivity contribution in [1.82, 2.24) is 29.5 Å². The number of benzene rings is 1. The highest BCUT2D eigenvalue weighted by molar-refractivity contribution is 5.32. The van der Waals surface area contributed by atoms with E-state index in [9.17, 15) is 4.39 Å². The molecule has 2 aromatic heterocycles. The predicted molar refractivity (Wildman–Crippen MR) is 88.3 cm³/mol. The summed E-state index contributed by atoms with van der Waals surface area (Å²) >= 11 is 0. The van der Waals surface area contributed by atoms with Crippen LogP contribution in [0.2, 0.25) is 0 Å². The maximum atomic E-state index is 13.2. The Labute approximate surface area is 140 Å². The average Bonchev–Trinajstić information content (AvgIpc) is 3.17. The van der Waals surface area contributed by atoms with E-state index >= 15 is 0 Å². The molecule has 7 heteroatoms. The Balaban J connectivity index is 1.95. The lowest BCUT2D eigenvalue weighted by atomic mass is 10.1. The smallest absolute Gasteiger partial charge is 0.151 e. The van der Waals surface area contributed by atoms with E-state index in [1.165, 1.54) is 18.5 Å². The summed E-state index contributed by atoms with van der Waals surface area (Å²) < 4.78 is 16.8. The van der Waals surface area contributed by atoms with Crippen molar-refractivity contribution in [3.8, 4) is 5.69 Å². The Bertz CT molecular complexity index is 776. The van der Waals surface area contributed by atoms with Crippen LogP contribution in [0.15, 0.2) is 36.9 Å². The van der Waals surface area contributed by atoms with Crippen molar-refractivity contribution in [2.24, 2.45) is 5.92 Å². The van der Waals surface area contributed by atoms with Crippen LogP contribution in [-0.2, 0) is 13.0 Å². The summed E-state index contributed by atoms with van der Waals surface area (Å²) in [5.74, 6) is 1.93. The second-order valence-corrected chi connectivity index (χ2v) is 6.39. The maximum Gasteiger partial charge on any atom is 0.151 e. The first kappa shape index (κ1) is 16.3. The Morgan fingerprint density at radius 2 is 1.88 bits per heavy atom. The van der Waals surface area contributed by atoms with Gasteiger partial charge in [-0.3, -0.25) is 4.68 Å². The minimum atomic E-state index is -0.265. The molecule has 0 aliphatic rings. The summed E-state index contributed by atoms with van der Waals surface area (Å²) in [7, 11) is 0. The molecular formula is C17H21FN6. The standard InChI is InChI=1S/C17H21FN6/c1-12(2)8-16-21-17(13(3)9-23-11-19-10-20-23)24(22-16)15-6-4-14(18)5-7-15/h4-7,10-13H,8-9H2,1-3H3/t13-/m0/s1. The van der Waals surface area contributed by atoms with Gasteiger partial charge in [-0.05, 0) is 30.2 Å². The number of nitrogens with zero attached hydrogens (tertiary/aromatic N) is 6. The number of hydrogen-bond donors (Lipinski definition) is 0. The van der Waals surface area contributed by atoms with Crippen molar-refractivity contribution in [3.05, 3.63) is 54.4 Å². The van der Waals surface area contributed by atoms with E-state index < -0.39 is 0 Å². The first-order valence-corrected chi connectivity index (χ1v) is 8.07. The lowest BCUT2D eigenvalue weighted by Gasteiger charge is -2.12. The minimum Gasteiger partial charge on any atom is -0.252 e. The summed E-state index contributed by atoms with van der Waals surface area (Å²) in [6, 6.07) is 6.31. The SMILES string of the molecule is CC(C)Cc1nc([C@@H](C)Cn2cncn2)n(-c2ccc(F)cc2)n1. The van der Waals surface area contributed by atoms with E-state index in [1.54, 1.807) is 27.8 Å². The Hall–Kier alpha value is -2.57. The lowest BCUT2D eigenvalue weighted by molar-refractivity contribution is 0.514. The topological polar surface area (TPSA) is 61.4 Å². The number of halogens is 1. The molecule has 24 heavy (non-hydrogen) atoms. The van der Waals surface area contributed by atoms with E-state index in [0.29, 0.717) is 12.5 Å². The highest BCUT2D eigenvalue weighted by Gasteiger charge is 2.19. The van der Waals surface area contributed by atoms with Crippen LogP contribution in [0.1, 0.15) is 38.3 Å². The molecule has 3 aromatic rings. The van der Waals surface area contributed by atoms with Gasteiger partial charge in [0.05, 0.1) is 12.2 Å². The molecule has 3 rings (SSSR count). The molecule has 0 bridgehead atoms. The fraction of sp³-hybridized carbons (Fsp3) is 0.412. The summed E-state index contributed by atoms with van der Waals surface area (Å²) in [6.45, 7) is 7.00. The molecule has 0 saturated heterocycles. The highest BCUT2D eigenvalue weighted by Crippen LogP contribution is 2.20. The molecule has 0 spiro atoms. The van der Waals surface area contributed by atoms with Crippen LogP contribution in [0.5, 0.6) is 0 Å². The number of hydrogen-bond acceptors (Lipinski definition) is 4. The lowest BCUT2D eigenvalue weighted by Crippen LogP contribution is -2.12. The summed E-state index contributed by atoms with van der Waals surface area (Å²) in [5.41, 5.74) is 0.805. The molecule has 0 fully saturated rings. The zero-order chi connectivity index (χ0) is 17.1. The Morgan fingerprint density at radius 3 is 2.50 bits per heavy atom. The van der Waals surface area contributed by atoms with Crippen molar-refractivity contribution >= 4 is 0 Å². The van der Waals surface area contributed by atoms with Crippen molar-refractivity contribution in [1.29, 1.82) is 0 Å². The summed E-state index contributed by atoms with van der Waals surface area (Å²) in [4.78, 5) is 8.70. The monoisotopic (exact) mass is 328 g/mol. The normalized spacial score (nSPS) is 12.7. The zero-order valence-corrected chi connectivity index (χ0v) is 14.1. The third-order valence-electron chi connectivity index (χ3n) is 3.71. The van der Waals surface area contributed by atoms with Crippen LogP contribution in [0.3, 0.4) is 0 Å². The third kappa shape index (κ3) is 3.67. The van der Waals surface area contributed by atoms with Crippen molar-refractivity contribution < 1.29 is 4.39 Å². The second kappa shape index (κ2) is 6.90. The molecule has 1 aromatic carbocycles. The van der Waals surface area contributed by atoms with Gasteiger partial charge in [-0.25, -0.2) is 19.0 Å². The van der Waals surface area contributed by atoms with Crippen molar-refractivity contribution in [2.45, 2.75) is 39.7 Å². The molecule has 1 atom stereocenters. The van der Waals surface area contributed by atoms with E-state index in [1.807, 2.05) is 0 Å². The summed E-state index contributed by atoms with van der Waals surface area (Å²) in [5, 5.41) is 8.79. The van der Waals surface area contributed by atoms with Gasteiger partial charge in [-0.1, -0.05) is 20.8 Å². The molecule has 0 radical (unpaired) electrons. The molecular weight excluding hydrogens is 307 g/mol. The number of rotatable bonds is 6. The molecule has 6 nitrogen and oxygen atoms in total. The average molecular weight is 328 g/mol. The van der Waals surface area contributed by atoms with Crippen molar-refractivity contribution in [2.75, 3.05) is 0 Å². The van der Waals surface area contributed by atoms with Gasteiger partial charge >= 0.3 is 0 Å². The second-order valence-electron chi connectivity index (χ2n) is 6.39. The molecule has 0 N–H and O–H groups in total. The van der Waals surface area contributed by atoms with Crippen LogP contribution in [-0.4, -0.2) is 29.5 Å². The van der Waals surface area contributed by atoms with Gasteiger partial charge in [0.2, 0.25) is 0 Å². The van der Waals surface area contributed by atoms with Crippen LogP contribution in [0, 0.1) is 11.7 Å². The van der Waals surface area contributed by atoms with Gasteiger partial charge < -0.3 is 0 Å². The Morgan fingerprint density at radius 1 is 1.12 bits per heavy atom. The van der Waals surface area contributed by atoms with Crippen LogP contribution in [0.25, 0.3) is 5.69 Å². The first-order valence-electron chi connectivity index (χ1n) is 8.07. The van der Waals surface area contributed by atoms with Gasteiger partial charge in [-0.15, -0.1) is 0 Å². The Kier molecular flexibility index (Phi) is 4.69. The van der Waals surface area contributed by atoms with Gasteiger partial charge in [0, 0.05) is 12.3 Å². The fourth-order valence-electron chi connectivity index (χ4n) is 2.60. The molecule has 0 unspecified atom stereocenters. The molecule has 0 amide bonds. The molecule has 2 heterocycles. The van der Waals surface area contributed by atoms with Crippen LogP contribution >= 0.6 is 0 Å². The van der Waals surface area contributed by atoms with Gasteiger partial charge in [-0.2, -0.15) is 10.2 Å². The fourth-order valence-corrected chi connectivity index (χ4v) is 2.60.